The molecule has 0 radical (unpaired) electrons. The molecule has 1 aliphatic heterocycles. The van der Waals surface area contributed by atoms with Crippen LogP contribution in [0.25, 0.3) is 22.2 Å². The fourth-order valence-electron chi connectivity index (χ4n) is 5.34. The number of aromatic nitrogens is 3. The Kier molecular flexibility index (Phi) is 9.06. The molecular weight excluding hydrogens is 573 g/mol. The van der Waals surface area contributed by atoms with Crippen molar-refractivity contribution in [3.63, 3.8) is 0 Å². The molecule has 5 rings (SSSR count). The van der Waals surface area contributed by atoms with E-state index in [1.54, 1.807) is 13.3 Å². The Bertz CT molecular complexity index is 1740. The van der Waals surface area contributed by atoms with Crippen molar-refractivity contribution in [3.8, 4) is 11.3 Å². The molecule has 43 heavy (non-hydrogen) atoms. The van der Waals surface area contributed by atoms with Crippen LogP contribution >= 0.6 is 0 Å². The number of halogens is 1. The molecule has 1 fully saturated rings. The number of nitrogens with one attached hydrogen (secondary N) is 3. The van der Waals surface area contributed by atoms with Crippen molar-refractivity contribution in [3.05, 3.63) is 60.2 Å². The van der Waals surface area contributed by atoms with Gasteiger partial charge in [0.25, 0.3) is 0 Å². The molecule has 0 bridgehead atoms. The molecule has 1 aliphatic rings. The number of hydrogen-bond donors (Lipinski definition) is 3. The molecule has 4 aromatic rings. The minimum atomic E-state index is -3.76. The van der Waals surface area contributed by atoms with Crippen LogP contribution in [0.4, 0.5) is 21.7 Å². The van der Waals surface area contributed by atoms with Crippen molar-refractivity contribution >= 4 is 44.0 Å². The van der Waals surface area contributed by atoms with Crippen LogP contribution in [0, 0.1) is 12.7 Å². The third kappa shape index (κ3) is 6.69. The minimum Gasteiger partial charge on any atom is -0.383 e. The van der Waals surface area contributed by atoms with Crippen LogP contribution in [0.15, 0.2) is 53.7 Å². The van der Waals surface area contributed by atoms with Gasteiger partial charge in [0.2, 0.25) is 11.9 Å². The van der Waals surface area contributed by atoms with E-state index in [2.05, 4.69) is 42.4 Å². The largest absolute Gasteiger partial charge is 0.383 e. The highest BCUT2D eigenvalue weighted by molar-refractivity contribution is 7.90. The number of amides is 1. The number of ether oxygens (including phenoxy) is 1. The number of carbonyl (C=O) groups excluding carboxylic acids is 1. The molecule has 0 aliphatic carbocycles. The first-order valence-corrected chi connectivity index (χ1v) is 15.9. The number of anilines is 3. The third-order valence-corrected chi connectivity index (χ3v) is 8.75. The van der Waals surface area contributed by atoms with Crippen molar-refractivity contribution in [2.75, 3.05) is 63.8 Å². The standard InChI is InChI=1S/C30H36FN7O4S/c1-19-16-33-30(35-22-9-6-11-25(26(22)31)43(4,40)41)36-27(19)21-17-32-28-20(21)8-5-10-23(28)34-29(39)24(18-42-3)38-13-7-12-37(2)14-15-38/h5-6,8-11,16-17,24,32H,7,12-15,18H2,1-4H3,(H,34,39)(H,33,35,36)/t24-/m0/s1. The van der Waals surface area contributed by atoms with Crippen molar-refractivity contribution in [2.24, 2.45) is 0 Å². The van der Waals surface area contributed by atoms with Crippen LogP contribution in [0.5, 0.6) is 0 Å². The summed E-state index contributed by atoms with van der Waals surface area (Å²) in [5.74, 6) is -0.935. The maximum absolute atomic E-state index is 15.0. The van der Waals surface area contributed by atoms with Gasteiger partial charge in [-0.15, -0.1) is 0 Å². The molecule has 13 heteroatoms. The number of rotatable bonds is 9. The molecule has 0 spiro atoms. The molecule has 0 unspecified atom stereocenters. The molecule has 0 saturated carbocycles. The van der Waals surface area contributed by atoms with E-state index in [0.29, 0.717) is 11.4 Å². The molecule has 11 nitrogen and oxygen atoms in total. The van der Waals surface area contributed by atoms with Crippen LogP contribution in [0.2, 0.25) is 0 Å². The molecule has 3 heterocycles. The molecule has 1 amide bonds. The highest BCUT2D eigenvalue weighted by Gasteiger charge is 2.28. The first-order valence-electron chi connectivity index (χ1n) is 14.0. The highest BCUT2D eigenvalue weighted by Crippen LogP contribution is 2.34. The van der Waals surface area contributed by atoms with Crippen molar-refractivity contribution in [1.82, 2.24) is 24.8 Å². The van der Waals surface area contributed by atoms with Gasteiger partial charge in [0.15, 0.2) is 15.7 Å². The number of likely N-dealkylation sites (N-methyl/N-ethyl adjacent to an activating group) is 1. The van der Waals surface area contributed by atoms with Gasteiger partial charge >= 0.3 is 0 Å². The van der Waals surface area contributed by atoms with Crippen LogP contribution < -0.4 is 10.6 Å². The number of para-hydroxylation sites is 1. The maximum atomic E-state index is 15.0. The second-order valence-electron chi connectivity index (χ2n) is 10.8. The van der Waals surface area contributed by atoms with E-state index in [-0.39, 0.29) is 24.1 Å². The maximum Gasteiger partial charge on any atom is 0.244 e. The molecule has 3 N–H and O–H groups in total. The number of nitrogens with zero attached hydrogens (tertiary/aromatic N) is 4. The van der Waals surface area contributed by atoms with Gasteiger partial charge in [-0.05, 0) is 50.7 Å². The Balaban J connectivity index is 1.43. The highest BCUT2D eigenvalue weighted by atomic mass is 32.2. The van der Waals surface area contributed by atoms with Crippen molar-refractivity contribution in [1.29, 1.82) is 0 Å². The monoisotopic (exact) mass is 609 g/mol. The fourth-order valence-corrected chi connectivity index (χ4v) is 6.10. The zero-order chi connectivity index (χ0) is 30.7. The molecule has 2 aromatic heterocycles. The average Bonchev–Trinajstić information content (AvgIpc) is 3.28. The lowest BCUT2D eigenvalue weighted by Gasteiger charge is -2.29. The number of benzene rings is 2. The summed E-state index contributed by atoms with van der Waals surface area (Å²) in [6.45, 7) is 5.61. The predicted molar refractivity (Wildman–Crippen MR) is 165 cm³/mol. The summed E-state index contributed by atoms with van der Waals surface area (Å²) < 4.78 is 44.3. The number of methoxy groups -OCH3 is 1. The van der Waals surface area contributed by atoms with Gasteiger partial charge in [-0.25, -0.2) is 22.8 Å². The average molecular weight is 610 g/mol. The lowest BCUT2D eigenvalue weighted by molar-refractivity contribution is -0.123. The van der Waals surface area contributed by atoms with Gasteiger partial charge in [-0.3, -0.25) is 9.69 Å². The van der Waals surface area contributed by atoms with Gasteiger partial charge in [-0.1, -0.05) is 18.2 Å². The number of hydrogen-bond acceptors (Lipinski definition) is 9. The lowest BCUT2D eigenvalue weighted by atomic mass is 10.1. The Labute approximate surface area is 250 Å². The summed E-state index contributed by atoms with van der Waals surface area (Å²) in [7, 11) is -0.0642. The van der Waals surface area contributed by atoms with Gasteiger partial charge in [0, 0.05) is 56.3 Å². The molecule has 1 saturated heterocycles. The Morgan fingerprint density at radius 1 is 1.14 bits per heavy atom. The van der Waals surface area contributed by atoms with E-state index in [4.69, 9.17) is 4.74 Å². The number of aryl methyl sites for hydroxylation is 1. The lowest BCUT2D eigenvalue weighted by Crippen LogP contribution is -2.48. The number of fused-ring (bicyclic) bond motifs is 1. The van der Waals surface area contributed by atoms with Crippen LogP contribution in [0.1, 0.15) is 12.0 Å². The van der Waals surface area contributed by atoms with Crippen molar-refractivity contribution in [2.45, 2.75) is 24.3 Å². The Morgan fingerprint density at radius 3 is 2.67 bits per heavy atom. The SMILES string of the molecule is COC[C@@H](C(=O)Nc1cccc2c(-c3nc(Nc4cccc(S(C)(=O)=O)c4F)ncc3C)c[nH]c12)N1CCCN(C)CC1. The van der Waals surface area contributed by atoms with Gasteiger partial charge in [0.05, 0.1) is 29.2 Å². The topological polar surface area (TPSA) is 133 Å². The quantitative estimate of drug-likeness (QED) is 0.259. The van der Waals surface area contributed by atoms with Crippen LogP contribution in [0.3, 0.4) is 0 Å². The van der Waals surface area contributed by atoms with E-state index in [0.717, 1.165) is 60.9 Å². The fraction of sp³-hybridized carbons (Fsp3) is 0.367. The molecule has 228 valence electrons. The van der Waals surface area contributed by atoms with E-state index < -0.39 is 26.6 Å². The summed E-state index contributed by atoms with van der Waals surface area (Å²) in [5, 5.41) is 6.75. The molecular formula is C30H36FN7O4S. The van der Waals surface area contributed by atoms with E-state index >= 15 is 0 Å². The smallest absolute Gasteiger partial charge is 0.244 e. The minimum absolute atomic E-state index is 0.0525. The first kappa shape index (κ1) is 30.5. The van der Waals surface area contributed by atoms with Gasteiger partial charge in [-0.2, -0.15) is 0 Å². The summed E-state index contributed by atoms with van der Waals surface area (Å²) >= 11 is 0. The zero-order valence-corrected chi connectivity index (χ0v) is 25.5. The Hall–Kier alpha value is -3.91. The summed E-state index contributed by atoms with van der Waals surface area (Å²) in [6, 6.07) is 9.30. The molecule has 1 atom stereocenters. The first-order chi connectivity index (χ1) is 20.6. The normalized spacial score (nSPS) is 15.7. The zero-order valence-electron chi connectivity index (χ0n) is 24.6. The van der Waals surface area contributed by atoms with E-state index in [1.807, 2.05) is 31.3 Å². The van der Waals surface area contributed by atoms with E-state index in [1.165, 1.54) is 18.2 Å². The van der Waals surface area contributed by atoms with Gasteiger partial charge in [0.1, 0.15) is 10.9 Å². The second kappa shape index (κ2) is 12.8. The third-order valence-electron chi connectivity index (χ3n) is 7.63. The van der Waals surface area contributed by atoms with E-state index in [9.17, 15) is 17.6 Å². The summed E-state index contributed by atoms with van der Waals surface area (Å²) in [6.07, 6.45) is 5.35. The van der Waals surface area contributed by atoms with Crippen LogP contribution in [-0.4, -0.2) is 98.3 Å². The predicted octanol–water partition coefficient (Wildman–Crippen LogP) is 3.81. The van der Waals surface area contributed by atoms with Gasteiger partial charge < -0.3 is 25.3 Å². The summed E-state index contributed by atoms with van der Waals surface area (Å²) in [5.41, 5.74) is 3.45. The Morgan fingerprint density at radius 2 is 1.91 bits per heavy atom. The summed E-state index contributed by atoms with van der Waals surface area (Å²) in [4.78, 5) is 29.8. The second-order valence-corrected chi connectivity index (χ2v) is 12.8. The van der Waals surface area contributed by atoms with Crippen LogP contribution in [-0.2, 0) is 19.4 Å². The molecule has 2 aromatic carbocycles. The number of carbonyl (C=O) groups is 1. The van der Waals surface area contributed by atoms with Crippen molar-refractivity contribution < 1.29 is 22.3 Å². The number of aromatic amines is 1. The number of H-pyrrole nitrogens is 1. The number of sulfone groups is 1.